The van der Waals surface area contributed by atoms with E-state index in [1.54, 1.807) is 0 Å². The summed E-state index contributed by atoms with van der Waals surface area (Å²) < 4.78 is 0. The smallest absolute Gasteiger partial charge is 0.00462 e. The van der Waals surface area contributed by atoms with Crippen LogP contribution in [0.3, 0.4) is 0 Å². The number of hydrogen-bond acceptors (Lipinski definition) is 1. The summed E-state index contributed by atoms with van der Waals surface area (Å²) in [6.45, 7) is 5.77. The van der Waals surface area contributed by atoms with E-state index in [9.17, 15) is 0 Å². The lowest BCUT2D eigenvalue weighted by Crippen LogP contribution is -1.95. The first-order chi connectivity index (χ1) is 5.81. The van der Waals surface area contributed by atoms with Gasteiger partial charge < -0.3 is 5.73 Å². The van der Waals surface area contributed by atoms with Crippen LogP contribution in [-0.2, 0) is 0 Å². The molecule has 0 spiro atoms. The van der Waals surface area contributed by atoms with Crippen LogP contribution in [0.25, 0.3) is 0 Å². The van der Waals surface area contributed by atoms with Gasteiger partial charge >= 0.3 is 0 Å². The number of allylic oxidation sites excluding steroid dienone is 5. The highest BCUT2D eigenvalue weighted by atomic mass is 14.6. The summed E-state index contributed by atoms with van der Waals surface area (Å²) in [5.74, 6) is 0. The molecule has 0 radical (unpaired) electrons. The molecule has 0 aromatic carbocycles. The molecular formula is C11H19N. The van der Waals surface area contributed by atoms with Gasteiger partial charge in [0, 0.05) is 5.70 Å². The maximum atomic E-state index is 5.72. The molecule has 0 fully saturated rings. The minimum absolute atomic E-state index is 0.934. The third-order valence-electron chi connectivity index (χ3n) is 1.56. The number of nitrogens with two attached hydrogens (primary N) is 1. The van der Waals surface area contributed by atoms with Crippen molar-refractivity contribution in [2.75, 3.05) is 0 Å². The summed E-state index contributed by atoms with van der Waals surface area (Å²) in [6.07, 6.45) is 12.2. The first-order valence-electron chi connectivity index (χ1n) is 4.51. The Balaban J connectivity index is 3.53. The van der Waals surface area contributed by atoms with E-state index in [1.165, 1.54) is 0 Å². The topological polar surface area (TPSA) is 26.0 Å². The summed E-state index contributed by atoms with van der Waals surface area (Å²) in [5.41, 5.74) is 6.69. The lowest BCUT2D eigenvalue weighted by atomic mass is 10.2. The van der Waals surface area contributed by atoms with Crippen LogP contribution in [0, 0.1) is 0 Å². The molecular weight excluding hydrogens is 146 g/mol. The molecule has 0 amide bonds. The van der Waals surface area contributed by atoms with Gasteiger partial charge in [0.25, 0.3) is 0 Å². The Labute approximate surface area is 75.7 Å². The van der Waals surface area contributed by atoms with Crippen molar-refractivity contribution in [3.05, 3.63) is 36.6 Å². The van der Waals surface area contributed by atoms with Gasteiger partial charge in [-0.25, -0.2) is 0 Å². The molecule has 0 rings (SSSR count). The average molecular weight is 165 g/mol. The van der Waals surface area contributed by atoms with Crippen LogP contribution in [0.2, 0.25) is 0 Å². The van der Waals surface area contributed by atoms with Gasteiger partial charge in [0.05, 0.1) is 0 Å². The Morgan fingerprint density at radius 3 is 2.75 bits per heavy atom. The Kier molecular flexibility index (Phi) is 7.46. The molecule has 0 aromatic rings. The van der Waals surface area contributed by atoms with Crippen molar-refractivity contribution in [3.63, 3.8) is 0 Å². The Morgan fingerprint density at radius 1 is 1.42 bits per heavy atom. The van der Waals surface area contributed by atoms with Crippen molar-refractivity contribution in [2.45, 2.75) is 32.6 Å². The molecule has 2 N–H and O–H groups in total. The average Bonchev–Trinajstić information content (AvgIpc) is 2.09. The summed E-state index contributed by atoms with van der Waals surface area (Å²) in [6, 6.07) is 0. The second kappa shape index (κ2) is 8.12. The molecule has 0 atom stereocenters. The number of rotatable bonds is 6. The molecule has 0 aromatic heterocycles. The third-order valence-corrected chi connectivity index (χ3v) is 1.56. The lowest BCUT2D eigenvalue weighted by molar-refractivity contribution is 0.951. The zero-order valence-corrected chi connectivity index (χ0v) is 7.92. The van der Waals surface area contributed by atoms with Crippen molar-refractivity contribution in [3.8, 4) is 0 Å². The molecule has 1 nitrogen and oxygen atoms in total. The normalized spacial score (nSPS) is 12.2. The van der Waals surface area contributed by atoms with Gasteiger partial charge in [-0.15, -0.1) is 6.58 Å². The van der Waals surface area contributed by atoms with E-state index in [4.69, 9.17) is 5.73 Å². The van der Waals surface area contributed by atoms with E-state index in [0.29, 0.717) is 0 Å². The molecule has 0 saturated heterocycles. The van der Waals surface area contributed by atoms with Gasteiger partial charge in [-0.3, -0.25) is 0 Å². The van der Waals surface area contributed by atoms with Crippen molar-refractivity contribution in [2.24, 2.45) is 5.73 Å². The van der Waals surface area contributed by atoms with Crippen molar-refractivity contribution in [1.82, 2.24) is 0 Å². The maximum Gasteiger partial charge on any atom is 0.00462 e. The van der Waals surface area contributed by atoms with Crippen molar-refractivity contribution in [1.29, 1.82) is 0 Å². The van der Waals surface area contributed by atoms with Crippen LogP contribution in [0.15, 0.2) is 36.6 Å². The van der Waals surface area contributed by atoms with E-state index >= 15 is 0 Å². The van der Waals surface area contributed by atoms with Crippen LogP contribution < -0.4 is 5.73 Å². The quantitative estimate of drug-likeness (QED) is 0.601. The highest BCUT2D eigenvalue weighted by Gasteiger charge is 1.85. The fourth-order valence-corrected chi connectivity index (χ4v) is 0.853. The van der Waals surface area contributed by atoms with Crippen LogP contribution in [0.4, 0.5) is 0 Å². The van der Waals surface area contributed by atoms with Gasteiger partial charge in [0.15, 0.2) is 0 Å². The fourth-order valence-electron chi connectivity index (χ4n) is 0.853. The van der Waals surface area contributed by atoms with Gasteiger partial charge in [0.2, 0.25) is 0 Å². The minimum atomic E-state index is 0.934. The van der Waals surface area contributed by atoms with E-state index in [2.05, 4.69) is 31.7 Å². The van der Waals surface area contributed by atoms with Crippen molar-refractivity contribution >= 4 is 0 Å². The lowest BCUT2D eigenvalue weighted by Gasteiger charge is -1.95. The summed E-state index contributed by atoms with van der Waals surface area (Å²) in [5, 5.41) is 0. The molecule has 0 aliphatic heterocycles. The predicted molar refractivity (Wildman–Crippen MR) is 55.7 cm³/mol. The van der Waals surface area contributed by atoms with Crippen LogP contribution in [0.5, 0.6) is 0 Å². The summed E-state index contributed by atoms with van der Waals surface area (Å²) >= 11 is 0. The van der Waals surface area contributed by atoms with Crippen LogP contribution in [-0.4, -0.2) is 0 Å². The maximum absolute atomic E-state index is 5.72. The first kappa shape index (κ1) is 11.0. The molecule has 0 heterocycles. The standard InChI is InChI=1S/C11H19N/c1-3-5-7-8-10-11(12)9-6-4-2/h4-5,7,10H,2-3,6,8-9,12H2,1H3/b7-5+,11-10+. The van der Waals surface area contributed by atoms with Gasteiger partial charge in [-0.05, 0) is 25.7 Å². The van der Waals surface area contributed by atoms with E-state index in [-0.39, 0.29) is 0 Å². The van der Waals surface area contributed by atoms with E-state index in [0.717, 1.165) is 31.4 Å². The second-order valence-electron chi connectivity index (χ2n) is 2.72. The fraction of sp³-hybridized carbons (Fsp3) is 0.455. The summed E-state index contributed by atoms with van der Waals surface area (Å²) in [4.78, 5) is 0. The largest absolute Gasteiger partial charge is 0.402 e. The van der Waals surface area contributed by atoms with Crippen LogP contribution in [0.1, 0.15) is 32.6 Å². The zero-order chi connectivity index (χ0) is 9.23. The molecule has 0 saturated carbocycles. The van der Waals surface area contributed by atoms with Gasteiger partial charge in [-0.1, -0.05) is 31.2 Å². The Bertz CT molecular complexity index is 166. The Hall–Kier alpha value is -0.980. The molecule has 0 bridgehead atoms. The molecule has 0 aliphatic carbocycles. The van der Waals surface area contributed by atoms with Crippen LogP contribution >= 0.6 is 0 Å². The van der Waals surface area contributed by atoms with Crippen molar-refractivity contribution < 1.29 is 0 Å². The number of hydrogen-bond donors (Lipinski definition) is 1. The Morgan fingerprint density at radius 2 is 2.17 bits per heavy atom. The minimum Gasteiger partial charge on any atom is -0.402 e. The molecule has 68 valence electrons. The third kappa shape index (κ3) is 7.13. The zero-order valence-electron chi connectivity index (χ0n) is 7.92. The molecule has 0 unspecified atom stereocenters. The van der Waals surface area contributed by atoms with E-state index in [1.807, 2.05) is 6.08 Å². The van der Waals surface area contributed by atoms with Gasteiger partial charge in [0.1, 0.15) is 0 Å². The van der Waals surface area contributed by atoms with E-state index < -0.39 is 0 Å². The SMILES string of the molecule is C=CCC/C(N)=C\C/C=C/CC. The van der Waals surface area contributed by atoms with Gasteiger partial charge in [-0.2, -0.15) is 0 Å². The highest BCUT2D eigenvalue weighted by molar-refractivity contribution is 5.01. The molecule has 0 aliphatic rings. The first-order valence-corrected chi connectivity index (χ1v) is 4.51. The predicted octanol–water partition coefficient (Wildman–Crippen LogP) is 3.15. The molecule has 1 heteroatoms. The summed E-state index contributed by atoms with van der Waals surface area (Å²) in [7, 11) is 0. The monoisotopic (exact) mass is 165 g/mol. The molecule has 12 heavy (non-hydrogen) atoms. The second-order valence-corrected chi connectivity index (χ2v) is 2.72. The highest BCUT2D eigenvalue weighted by Crippen LogP contribution is 2.00.